The number of nitrogens with zero attached hydrogens (tertiary/aromatic N) is 3. The van der Waals surface area contributed by atoms with Gasteiger partial charge >= 0.3 is 5.97 Å². The zero-order valence-electron chi connectivity index (χ0n) is 8.47. The Hall–Kier alpha value is -1.40. The van der Waals surface area contributed by atoms with E-state index in [1.54, 1.807) is 24.4 Å². The van der Waals surface area contributed by atoms with Gasteiger partial charge < -0.3 is 5.11 Å². The minimum atomic E-state index is -0.939. The molecule has 17 heavy (non-hydrogen) atoms. The average Bonchev–Trinajstić information content (AvgIpc) is 2.69. The van der Waals surface area contributed by atoms with Gasteiger partial charge in [-0.1, -0.05) is 16.8 Å². The van der Waals surface area contributed by atoms with Crippen molar-refractivity contribution in [2.24, 2.45) is 0 Å². The van der Waals surface area contributed by atoms with E-state index >= 15 is 0 Å². The molecule has 0 atom stereocenters. The fourth-order valence-corrected chi connectivity index (χ4v) is 1.71. The number of hydrogen-bond donors (Lipinski definition) is 1. The van der Waals surface area contributed by atoms with Crippen molar-refractivity contribution in [1.82, 2.24) is 15.0 Å². The Morgan fingerprint density at radius 3 is 2.94 bits per heavy atom. The molecule has 0 amide bonds. The number of hydrogen-bond acceptors (Lipinski definition) is 3. The van der Waals surface area contributed by atoms with Crippen molar-refractivity contribution in [2.75, 3.05) is 0 Å². The molecule has 1 heterocycles. The van der Waals surface area contributed by atoms with E-state index in [0.717, 1.165) is 10.2 Å². The Labute approximate surface area is 110 Å². The van der Waals surface area contributed by atoms with Gasteiger partial charge in [-0.05, 0) is 34.1 Å². The molecule has 0 saturated carbocycles. The fraction of sp³-hybridized carbons (Fsp3) is 0.100. The predicted octanol–water partition coefficient (Wildman–Crippen LogP) is 2.31. The third-order valence-corrected chi connectivity index (χ3v) is 3.27. The first-order valence-corrected chi connectivity index (χ1v) is 5.82. The lowest BCUT2D eigenvalue weighted by Crippen LogP contribution is -1.99. The standard InChI is InChI=1S/C10H7BrClN3O2/c11-8-2-1-7(4-9(8)12)15-5-6(13-14-15)3-10(16)17/h1-2,4-5H,3H2,(H,16,17). The van der Waals surface area contributed by atoms with Gasteiger partial charge in [0.15, 0.2) is 0 Å². The van der Waals surface area contributed by atoms with E-state index in [1.165, 1.54) is 4.68 Å². The highest BCUT2D eigenvalue weighted by Crippen LogP contribution is 2.24. The van der Waals surface area contributed by atoms with Crippen molar-refractivity contribution in [3.05, 3.63) is 39.6 Å². The fourth-order valence-electron chi connectivity index (χ4n) is 1.29. The summed E-state index contributed by atoms with van der Waals surface area (Å²) in [7, 11) is 0. The van der Waals surface area contributed by atoms with Crippen LogP contribution in [0.2, 0.25) is 5.02 Å². The number of carboxylic acid groups (broad SMARTS) is 1. The first kappa shape index (κ1) is 12.1. The monoisotopic (exact) mass is 315 g/mol. The summed E-state index contributed by atoms with van der Waals surface area (Å²) in [6.07, 6.45) is 1.41. The number of benzene rings is 1. The molecule has 1 N–H and O–H groups in total. The zero-order chi connectivity index (χ0) is 12.4. The number of halogens is 2. The lowest BCUT2D eigenvalue weighted by Gasteiger charge is -2.01. The molecule has 2 rings (SSSR count). The van der Waals surface area contributed by atoms with Crippen LogP contribution in [0.4, 0.5) is 0 Å². The molecule has 0 aliphatic carbocycles. The second-order valence-corrected chi connectivity index (χ2v) is 4.58. The van der Waals surface area contributed by atoms with Crippen molar-refractivity contribution in [3.8, 4) is 5.69 Å². The molecule has 0 radical (unpaired) electrons. The van der Waals surface area contributed by atoms with Gasteiger partial charge in [-0.3, -0.25) is 4.79 Å². The molecule has 88 valence electrons. The van der Waals surface area contributed by atoms with Crippen LogP contribution >= 0.6 is 27.5 Å². The maximum Gasteiger partial charge on any atom is 0.309 e. The first-order valence-electron chi connectivity index (χ1n) is 4.64. The molecule has 1 aromatic heterocycles. The topological polar surface area (TPSA) is 68.0 Å². The van der Waals surface area contributed by atoms with E-state index in [0.29, 0.717) is 10.7 Å². The van der Waals surface area contributed by atoms with Crippen LogP contribution in [0.5, 0.6) is 0 Å². The van der Waals surface area contributed by atoms with Gasteiger partial charge in [0.05, 0.1) is 29.0 Å². The van der Waals surface area contributed by atoms with Gasteiger partial charge in [-0.2, -0.15) is 0 Å². The quantitative estimate of drug-likeness (QED) is 0.943. The molecule has 0 spiro atoms. The molecule has 0 aliphatic heterocycles. The van der Waals surface area contributed by atoms with E-state index in [1.807, 2.05) is 0 Å². The molecule has 0 unspecified atom stereocenters. The second-order valence-electron chi connectivity index (χ2n) is 3.32. The van der Waals surface area contributed by atoms with Crippen LogP contribution in [0.15, 0.2) is 28.9 Å². The summed E-state index contributed by atoms with van der Waals surface area (Å²) in [4.78, 5) is 10.5. The van der Waals surface area contributed by atoms with E-state index in [2.05, 4.69) is 26.2 Å². The lowest BCUT2D eigenvalue weighted by molar-refractivity contribution is -0.136. The van der Waals surface area contributed by atoms with Crippen molar-refractivity contribution in [1.29, 1.82) is 0 Å². The van der Waals surface area contributed by atoms with E-state index in [9.17, 15) is 4.79 Å². The second kappa shape index (κ2) is 4.85. The summed E-state index contributed by atoms with van der Waals surface area (Å²) in [5.41, 5.74) is 1.12. The van der Waals surface area contributed by atoms with Crippen molar-refractivity contribution >= 4 is 33.5 Å². The Kier molecular flexibility index (Phi) is 3.44. The van der Waals surface area contributed by atoms with Gasteiger partial charge in [0.2, 0.25) is 0 Å². The Balaban J connectivity index is 2.30. The zero-order valence-corrected chi connectivity index (χ0v) is 10.8. The summed E-state index contributed by atoms with van der Waals surface area (Å²) in [5, 5.41) is 16.8. The molecule has 0 fully saturated rings. The Morgan fingerprint density at radius 1 is 1.53 bits per heavy atom. The highest BCUT2D eigenvalue weighted by atomic mass is 79.9. The summed E-state index contributed by atoms with van der Waals surface area (Å²) < 4.78 is 2.27. The summed E-state index contributed by atoms with van der Waals surface area (Å²) in [6, 6.07) is 5.30. The molecule has 5 nitrogen and oxygen atoms in total. The van der Waals surface area contributed by atoms with E-state index < -0.39 is 5.97 Å². The first-order chi connectivity index (χ1) is 8.06. The van der Waals surface area contributed by atoms with Crippen molar-refractivity contribution < 1.29 is 9.90 Å². The van der Waals surface area contributed by atoms with Gasteiger partial charge in [0, 0.05) is 4.47 Å². The number of rotatable bonds is 3. The third-order valence-electron chi connectivity index (χ3n) is 2.04. The summed E-state index contributed by atoms with van der Waals surface area (Å²) in [5.74, 6) is -0.939. The van der Waals surface area contributed by atoms with Gasteiger partial charge in [0.1, 0.15) is 0 Å². The van der Waals surface area contributed by atoms with Gasteiger partial charge in [-0.25, -0.2) is 4.68 Å². The van der Waals surface area contributed by atoms with Crippen LogP contribution in [-0.4, -0.2) is 26.1 Å². The molecule has 0 aliphatic rings. The molecule has 2 aromatic rings. The average molecular weight is 317 g/mol. The number of carboxylic acids is 1. The number of carbonyl (C=O) groups is 1. The molecule has 7 heteroatoms. The van der Waals surface area contributed by atoms with Crippen LogP contribution in [0.3, 0.4) is 0 Å². The van der Waals surface area contributed by atoms with Crippen LogP contribution in [-0.2, 0) is 11.2 Å². The smallest absolute Gasteiger partial charge is 0.309 e. The third kappa shape index (κ3) is 2.83. The Bertz CT molecular complexity index is 570. The van der Waals surface area contributed by atoms with E-state index in [4.69, 9.17) is 16.7 Å². The van der Waals surface area contributed by atoms with Crippen LogP contribution in [0, 0.1) is 0 Å². The molecule has 0 saturated heterocycles. The van der Waals surface area contributed by atoms with Crippen LogP contribution in [0.25, 0.3) is 5.69 Å². The van der Waals surface area contributed by atoms with Gasteiger partial charge in [-0.15, -0.1) is 5.10 Å². The lowest BCUT2D eigenvalue weighted by atomic mass is 10.3. The number of aromatic nitrogens is 3. The maximum atomic E-state index is 10.5. The highest BCUT2D eigenvalue weighted by Gasteiger charge is 2.07. The summed E-state index contributed by atoms with van der Waals surface area (Å²) >= 11 is 9.24. The largest absolute Gasteiger partial charge is 0.481 e. The highest BCUT2D eigenvalue weighted by molar-refractivity contribution is 9.10. The maximum absolute atomic E-state index is 10.5. The van der Waals surface area contributed by atoms with E-state index in [-0.39, 0.29) is 6.42 Å². The number of aliphatic carboxylic acids is 1. The van der Waals surface area contributed by atoms with Crippen LogP contribution < -0.4 is 0 Å². The minimum Gasteiger partial charge on any atom is -0.481 e. The van der Waals surface area contributed by atoms with Crippen LogP contribution in [0.1, 0.15) is 5.69 Å². The van der Waals surface area contributed by atoms with Gasteiger partial charge in [0.25, 0.3) is 0 Å². The van der Waals surface area contributed by atoms with Crippen molar-refractivity contribution in [2.45, 2.75) is 6.42 Å². The Morgan fingerprint density at radius 2 is 2.29 bits per heavy atom. The molecule has 1 aromatic carbocycles. The summed E-state index contributed by atoms with van der Waals surface area (Å²) in [6.45, 7) is 0. The molecule has 0 bridgehead atoms. The van der Waals surface area contributed by atoms with Crippen molar-refractivity contribution in [3.63, 3.8) is 0 Å². The minimum absolute atomic E-state index is 0.149. The predicted molar refractivity (Wildman–Crippen MR) is 65.4 cm³/mol. The molecular formula is C10H7BrClN3O2. The molecular weight excluding hydrogens is 309 g/mol. The SMILES string of the molecule is O=C(O)Cc1cn(-c2ccc(Br)c(Cl)c2)nn1. The normalized spacial score (nSPS) is 10.5.